The van der Waals surface area contributed by atoms with Crippen LogP contribution in [0, 0.1) is 0 Å². The van der Waals surface area contributed by atoms with E-state index in [-0.39, 0.29) is 13.0 Å². The maximum absolute atomic E-state index is 12.9. The van der Waals surface area contributed by atoms with Crippen molar-refractivity contribution in [1.29, 1.82) is 0 Å². The van der Waals surface area contributed by atoms with E-state index in [9.17, 15) is 14.4 Å². The van der Waals surface area contributed by atoms with Gasteiger partial charge in [-0.3, -0.25) is 4.79 Å². The molecule has 0 aromatic heterocycles. The maximum atomic E-state index is 12.9. The molecule has 0 radical (unpaired) electrons. The van der Waals surface area contributed by atoms with E-state index in [1.54, 1.807) is 11.8 Å². The van der Waals surface area contributed by atoms with Crippen molar-refractivity contribution in [3.05, 3.63) is 71.8 Å². The first-order valence-electron chi connectivity index (χ1n) is 9.91. The number of hydrogen-bond donors (Lipinski definition) is 2. The number of carbonyl (C=O) groups excluding carboxylic acids is 3. The number of ether oxygens (including phenoxy) is 2. The van der Waals surface area contributed by atoms with Gasteiger partial charge in [0.2, 0.25) is 5.91 Å². The van der Waals surface area contributed by atoms with Gasteiger partial charge in [0.1, 0.15) is 18.7 Å². The van der Waals surface area contributed by atoms with Crippen molar-refractivity contribution in [1.82, 2.24) is 10.6 Å². The zero-order valence-electron chi connectivity index (χ0n) is 17.7. The average molecular weight is 445 g/mol. The number of hydrogen-bond acceptors (Lipinski definition) is 6. The van der Waals surface area contributed by atoms with Crippen LogP contribution in [0.3, 0.4) is 0 Å². The minimum atomic E-state index is -0.862. The maximum Gasteiger partial charge on any atom is 0.408 e. The molecule has 2 aromatic rings. The van der Waals surface area contributed by atoms with Crippen LogP contribution in [-0.4, -0.2) is 49.2 Å². The lowest BCUT2D eigenvalue weighted by Crippen LogP contribution is -2.52. The molecule has 0 aliphatic carbocycles. The summed E-state index contributed by atoms with van der Waals surface area (Å²) in [5, 5.41) is 5.32. The molecular formula is C23H28N2O5S. The van der Waals surface area contributed by atoms with Crippen LogP contribution in [0.4, 0.5) is 4.79 Å². The zero-order chi connectivity index (χ0) is 22.5. The molecule has 0 aliphatic rings. The summed E-state index contributed by atoms with van der Waals surface area (Å²) in [7, 11) is 1.27. The Hall–Kier alpha value is -3.00. The molecule has 0 saturated heterocycles. The zero-order valence-corrected chi connectivity index (χ0v) is 18.5. The highest BCUT2D eigenvalue weighted by molar-refractivity contribution is 7.98. The van der Waals surface area contributed by atoms with E-state index in [2.05, 4.69) is 10.6 Å². The Labute approximate surface area is 186 Å². The van der Waals surface area contributed by atoms with Gasteiger partial charge in [-0.15, -0.1) is 0 Å². The smallest absolute Gasteiger partial charge is 0.408 e. The molecule has 0 saturated carbocycles. The molecule has 166 valence electrons. The number of alkyl carbamates (subject to hydrolysis) is 1. The molecule has 2 rings (SSSR count). The van der Waals surface area contributed by atoms with E-state index in [0.29, 0.717) is 12.2 Å². The van der Waals surface area contributed by atoms with Gasteiger partial charge in [0.05, 0.1) is 7.11 Å². The van der Waals surface area contributed by atoms with E-state index >= 15 is 0 Å². The first-order valence-corrected chi connectivity index (χ1v) is 11.3. The van der Waals surface area contributed by atoms with Crippen molar-refractivity contribution in [3.63, 3.8) is 0 Å². The molecule has 0 unspecified atom stereocenters. The second kappa shape index (κ2) is 13.3. The largest absolute Gasteiger partial charge is 0.467 e. The van der Waals surface area contributed by atoms with E-state index in [1.807, 2.05) is 66.9 Å². The third-order valence-corrected chi connectivity index (χ3v) is 5.16. The highest BCUT2D eigenvalue weighted by atomic mass is 32.2. The number of esters is 1. The molecule has 2 aromatic carbocycles. The molecular weight excluding hydrogens is 416 g/mol. The van der Waals surface area contributed by atoms with Crippen LogP contribution in [0.1, 0.15) is 17.5 Å². The lowest BCUT2D eigenvalue weighted by atomic mass is 10.1. The fourth-order valence-electron chi connectivity index (χ4n) is 2.87. The van der Waals surface area contributed by atoms with Gasteiger partial charge in [0, 0.05) is 6.42 Å². The van der Waals surface area contributed by atoms with E-state index in [1.165, 1.54) is 7.11 Å². The Bertz CT molecular complexity index is 832. The Balaban J connectivity index is 1.99. The Morgan fingerprint density at radius 3 is 2.10 bits per heavy atom. The number of carbonyl (C=O) groups is 3. The standard InChI is InChI=1S/C23H28N2O5S/c1-29-22(27)20(15-17-9-5-3-6-10-17)24-21(26)19(13-14-31-2)25-23(28)30-16-18-11-7-4-8-12-18/h3-12,19-20H,13-16H2,1-2H3,(H,24,26)(H,25,28)/t19-,20+/m1/s1. The van der Waals surface area contributed by atoms with Crippen LogP contribution in [0.2, 0.25) is 0 Å². The van der Waals surface area contributed by atoms with Gasteiger partial charge >= 0.3 is 12.1 Å². The van der Waals surface area contributed by atoms with Crippen LogP contribution in [-0.2, 0) is 32.1 Å². The second-order valence-corrected chi connectivity index (χ2v) is 7.80. The van der Waals surface area contributed by atoms with Crippen LogP contribution >= 0.6 is 11.8 Å². The molecule has 0 fully saturated rings. The number of rotatable bonds is 11. The second-order valence-electron chi connectivity index (χ2n) is 6.81. The lowest BCUT2D eigenvalue weighted by molar-refractivity contribution is -0.145. The minimum absolute atomic E-state index is 0.0995. The molecule has 2 N–H and O–H groups in total. The monoisotopic (exact) mass is 444 g/mol. The summed E-state index contributed by atoms with van der Waals surface area (Å²) in [6.07, 6.45) is 1.90. The topological polar surface area (TPSA) is 93.7 Å². The fraction of sp³-hybridized carbons (Fsp3) is 0.348. The quantitative estimate of drug-likeness (QED) is 0.518. The van der Waals surface area contributed by atoms with E-state index in [0.717, 1.165) is 11.1 Å². The van der Waals surface area contributed by atoms with Crippen molar-refractivity contribution in [3.8, 4) is 0 Å². The highest BCUT2D eigenvalue weighted by Gasteiger charge is 2.27. The number of benzene rings is 2. The van der Waals surface area contributed by atoms with E-state index < -0.39 is 30.1 Å². The van der Waals surface area contributed by atoms with Crippen molar-refractivity contribution in [2.75, 3.05) is 19.1 Å². The van der Waals surface area contributed by atoms with Crippen LogP contribution in [0.25, 0.3) is 0 Å². The normalized spacial score (nSPS) is 12.3. The third kappa shape index (κ3) is 8.72. The summed E-state index contributed by atoms with van der Waals surface area (Å²) in [6, 6.07) is 16.9. The van der Waals surface area contributed by atoms with Crippen LogP contribution in [0.5, 0.6) is 0 Å². The van der Waals surface area contributed by atoms with Crippen LogP contribution < -0.4 is 10.6 Å². The van der Waals surface area contributed by atoms with E-state index in [4.69, 9.17) is 9.47 Å². The van der Waals surface area contributed by atoms with Gasteiger partial charge in [0.25, 0.3) is 0 Å². The molecule has 0 aliphatic heterocycles. The van der Waals surface area contributed by atoms with Crippen molar-refractivity contribution in [2.24, 2.45) is 0 Å². The van der Waals surface area contributed by atoms with Gasteiger partial charge in [-0.1, -0.05) is 60.7 Å². The number of amides is 2. The predicted octanol–water partition coefficient (Wildman–Crippen LogP) is 2.94. The first kappa shape index (κ1) is 24.3. The Kier molecular flexibility index (Phi) is 10.4. The number of methoxy groups -OCH3 is 1. The summed E-state index contributed by atoms with van der Waals surface area (Å²) >= 11 is 1.55. The van der Waals surface area contributed by atoms with Gasteiger partial charge in [-0.05, 0) is 29.6 Å². The van der Waals surface area contributed by atoms with Gasteiger partial charge in [0.15, 0.2) is 0 Å². The summed E-state index contributed by atoms with van der Waals surface area (Å²) in [6.45, 7) is 0.0995. The molecule has 0 heterocycles. The van der Waals surface area contributed by atoms with Crippen molar-refractivity contribution >= 4 is 29.7 Å². The van der Waals surface area contributed by atoms with Gasteiger partial charge < -0.3 is 20.1 Å². The fourth-order valence-corrected chi connectivity index (χ4v) is 3.34. The summed E-state index contributed by atoms with van der Waals surface area (Å²) in [5.41, 5.74) is 1.73. The SMILES string of the molecule is COC(=O)[C@H](Cc1ccccc1)NC(=O)[C@@H](CCSC)NC(=O)OCc1ccccc1. The van der Waals surface area contributed by atoms with Crippen molar-refractivity contribution < 1.29 is 23.9 Å². The Morgan fingerprint density at radius 1 is 0.903 bits per heavy atom. The molecule has 2 amide bonds. The van der Waals surface area contributed by atoms with Crippen LogP contribution in [0.15, 0.2) is 60.7 Å². The van der Waals surface area contributed by atoms with Gasteiger partial charge in [-0.25, -0.2) is 9.59 Å². The van der Waals surface area contributed by atoms with Gasteiger partial charge in [-0.2, -0.15) is 11.8 Å². The average Bonchev–Trinajstić information content (AvgIpc) is 2.80. The third-order valence-electron chi connectivity index (χ3n) is 4.52. The number of thioether (sulfide) groups is 1. The number of nitrogens with one attached hydrogen (secondary N) is 2. The molecule has 0 bridgehead atoms. The molecule has 7 nitrogen and oxygen atoms in total. The minimum Gasteiger partial charge on any atom is -0.467 e. The lowest BCUT2D eigenvalue weighted by Gasteiger charge is -2.22. The predicted molar refractivity (Wildman–Crippen MR) is 121 cm³/mol. The molecule has 31 heavy (non-hydrogen) atoms. The Morgan fingerprint density at radius 2 is 1.52 bits per heavy atom. The summed E-state index contributed by atoms with van der Waals surface area (Å²) in [5.74, 6) is -0.358. The molecule has 8 heteroatoms. The summed E-state index contributed by atoms with van der Waals surface area (Å²) < 4.78 is 10.1. The van der Waals surface area contributed by atoms with Crippen molar-refractivity contribution in [2.45, 2.75) is 31.5 Å². The molecule has 2 atom stereocenters. The summed E-state index contributed by atoms with van der Waals surface area (Å²) in [4.78, 5) is 37.3. The molecule has 0 spiro atoms. The highest BCUT2D eigenvalue weighted by Crippen LogP contribution is 2.08. The first-order chi connectivity index (χ1) is 15.0.